The molecule has 1 atom stereocenters. The summed E-state index contributed by atoms with van der Waals surface area (Å²) in [4.78, 5) is 21.4. The molecular formula is C25H24BrN5O3. The maximum Gasteiger partial charge on any atom is 0.270 e. The van der Waals surface area contributed by atoms with Crippen molar-refractivity contribution in [3.63, 3.8) is 0 Å². The van der Waals surface area contributed by atoms with Crippen LogP contribution in [-0.2, 0) is 11.8 Å². The molecule has 0 bridgehead atoms. The van der Waals surface area contributed by atoms with Crippen LogP contribution in [0.2, 0.25) is 0 Å². The van der Waals surface area contributed by atoms with E-state index in [0.29, 0.717) is 23.7 Å². The van der Waals surface area contributed by atoms with Crippen LogP contribution in [0.15, 0.2) is 65.3 Å². The third-order valence-electron chi connectivity index (χ3n) is 5.67. The lowest BCUT2D eigenvalue weighted by molar-refractivity contribution is 0.0853. The number of benzene rings is 2. The minimum atomic E-state index is -0.246. The number of nitrogens with one attached hydrogen (secondary N) is 2. The van der Waals surface area contributed by atoms with Crippen molar-refractivity contribution in [2.24, 2.45) is 7.05 Å². The normalized spacial score (nSPS) is 15.4. The molecule has 1 saturated heterocycles. The lowest BCUT2D eigenvalue weighted by Gasteiger charge is -2.11. The second kappa shape index (κ2) is 9.82. The molecule has 4 aromatic rings. The highest BCUT2D eigenvalue weighted by molar-refractivity contribution is 9.10. The van der Waals surface area contributed by atoms with E-state index in [4.69, 9.17) is 14.5 Å². The fraction of sp³-hybridized carbons (Fsp3) is 0.240. The maximum absolute atomic E-state index is 12.5. The SMILES string of the molecule is Cn1c(Nc2ccc(Br)cc2)nc2cc(Oc3ccnc(C(=O)NCC4CCCO4)c3)ccc21. The molecule has 2 aromatic heterocycles. The molecule has 1 aliphatic heterocycles. The molecular weight excluding hydrogens is 498 g/mol. The number of ether oxygens (including phenoxy) is 2. The number of carbonyl (C=O) groups excluding carboxylic acids is 1. The van der Waals surface area contributed by atoms with E-state index >= 15 is 0 Å². The molecule has 0 saturated carbocycles. The van der Waals surface area contributed by atoms with Gasteiger partial charge in [-0.3, -0.25) is 9.78 Å². The molecule has 5 rings (SSSR count). The number of aromatic nitrogens is 3. The lowest BCUT2D eigenvalue weighted by atomic mass is 10.2. The summed E-state index contributed by atoms with van der Waals surface area (Å²) < 4.78 is 14.6. The van der Waals surface area contributed by atoms with Crippen LogP contribution in [0.5, 0.6) is 11.5 Å². The Kier molecular flexibility index (Phi) is 6.46. The Morgan fingerprint density at radius 2 is 2.00 bits per heavy atom. The third kappa shape index (κ3) is 5.05. The molecule has 1 aliphatic rings. The number of imidazole rings is 1. The van der Waals surface area contributed by atoms with E-state index < -0.39 is 0 Å². The number of anilines is 2. The van der Waals surface area contributed by atoms with Crippen LogP contribution in [-0.4, -0.2) is 39.7 Å². The first kappa shape index (κ1) is 22.4. The monoisotopic (exact) mass is 521 g/mol. The zero-order valence-corrected chi connectivity index (χ0v) is 20.2. The highest BCUT2D eigenvalue weighted by Crippen LogP contribution is 2.28. The highest BCUT2D eigenvalue weighted by atomic mass is 79.9. The van der Waals surface area contributed by atoms with E-state index in [0.717, 1.165) is 46.6 Å². The van der Waals surface area contributed by atoms with Gasteiger partial charge in [-0.15, -0.1) is 0 Å². The molecule has 3 heterocycles. The van der Waals surface area contributed by atoms with Crippen LogP contribution in [0.3, 0.4) is 0 Å². The van der Waals surface area contributed by atoms with Gasteiger partial charge < -0.3 is 24.7 Å². The molecule has 9 heteroatoms. The molecule has 8 nitrogen and oxygen atoms in total. The summed E-state index contributed by atoms with van der Waals surface area (Å²) in [5.41, 5.74) is 3.01. The van der Waals surface area contributed by atoms with Gasteiger partial charge in [-0.2, -0.15) is 0 Å². The number of nitrogens with zero attached hydrogens (tertiary/aromatic N) is 3. The summed E-state index contributed by atoms with van der Waals surface area (Å²) in [6.45, 7) is 1.24. The Hall–Kier alpha value is -3.43. The van der Waals surface area contributed by atoms with Gasteiger partial charge in [-0.1, -0.05) is 15.9 Å². The van der Waals surface area contributed by atoms with Gasteiger partial charge in [0.05, 0.1) is 17.1 Å². The van der Waals surface area contributed by atoms with Crippen molar-refractivity contribution in [2.75, 3.05) is 18.5 Å². The summed E-state index contributed by atoms with van der Waals surface area (Å²) >= 11 is 3.45. The Labute approximate surface area is 205 Å². The van der Waals surface area contributed by atoms with Crippen LogP contribution >= 0.6 is 15.9 Å². The van der Waals surface area contributed by atoms with Crippen LogP contribution < -0.4 is 15.4 Å². The standard InChI is InChI=1S/C25H24BrN5O3/c1-31-23-9-8-18(13-21(23)30-25(31)29-17-6-4-16(26)5-7-17)34-19-10-11-27-22(14-19)24(32)28-15-20-3-2-12-33-20/h4-11,13-14,20H,2-3,12,15H2,1H3,(H,28,32)(H,29,30). The van der Waals surface area contributed by atoms with E-state index in [2.05, 4.69) is 31.5 Å². The summed E-state index contributed by atoms with van der Waals surface area (Å²) in [6, 6.07) is 17.0. The van der Waals surface area contributed by atoms with Gasteiger partial charge >= 0.3 is 0 Å². The average Bonchev–Trinajstić information content (AvgIpc) is 3.47. The number of amides is 1. The molecule has 2 N–H and O–H groups in total. The second-order valence-corrected chi connectivity index (χ2v) is 9.02. The van der Waals surface area contributed by atoms with Crippen LogP contribution in [0.25, 0.3) is 11.0 Å². The van der Waals surface area contributed by atoms with Crippen molar-refractivity contribution in [1.29, 1.82) is 0 Å². The maximum atomic E-state index is 12.5. The fourth-order valence-corrected chi connectivity index (χ4v) is 4.12. The van der Waals surface area contributed by atoms with E-state index in [1.807, 2.05) is 54.1 Å². The van der Waals surface area contributed by atoms with Crippen molar-refractivity contribution in [3.8, 4) is 11.5 Å². The Bertz CT molecular complexity index is 1320. The van der Waals surface area contributed by atoms with Crippen molar-refractivity contribution in [1.82, 2.24) is 19.9 Å². The summed E-state index contributed by atoms with van der Waals surface area (Å²) in [5, 5.41) is 6.22. The topological polar surface area (TPSA) is 90.3 Å². The van der Waals surface area contributed by atoms with Crippen molar-refractivity contribution in [2.45, 2.75) is 18.9 Å². The Morgan fingerprint density at radius 3 is 2.79 bits per heavy atom. The molecule has 34 heavy (non-hydrogen) atoms. The van der Waals surface area contributed by atoms with E-state index in [-0.39, 0.29) is 12.0 Å². The van der Waals surface area contributed by atoms with Crippen molar-refractivity contribution in [3.05, 3.63) is 71.0 Å². The predicted octanol–water partition coefficient (Wildman–Crippen LogP) is 5.18. The number of fused-ring (bicyclic) bond motifs is 1. The number of carbonyl (C=O) groups is 1. The lowest BCUT2D eigenvalue weighted by Crippen LogP contribution is -2.32. The molecule has 2 aromatic carbocycles. The molecule has 1 amide bonds. The summed E-state index contributed by atoms with van der Waals surface area (Å²) in [7, 11) is 1.96. The van der Waals surface area contributed by atoms with Gasteiger partial charge in [0, 0.05) is 48.7 Å². The van der Waals surface area contributed by atoms with Gasteiger partial charge in [-0.25, -0.2) is 4.98 Å². The number of hydrogen-bond donors (Lipinski definition) is 2. The van der Waals surface area contributed by atoms with Crippen LogP contribution in [0.1, 0.15) is 23.3 Å². The summed E-state index contributed by atoms with van der Waals surface area (Å²) in [6.07, 6.45) is 3.64. The van der Waals surface area contributed by atoms with E-state index in [1.54, 1.807) is 18.3 Å². The number of halogens is 1. The smallest absolute Gasteiger partial charge is 0.270 e. The first-order valence-electron chi connectivity index (χ1n) is 11.1. The second-order valence-electron chi connectivity index (χ2n) is 8.10. The minimum absolute atomic E-state index is 0.0802. The minimum Gasteiger partial charge on any atom is -0.457 e. The van der Waals surface area contributed by atoms with Gasteiger partial charge in [0.1, 0.15) is 17.2 Å². The van der Waals surface area contributed by atoms with Crippen LogP contribution in [0.4, 0.5) is 11.6 Å². The average molecular weight is 522 g/mol. The first-order chi connectivity index (χ1) is 16.5. The van der Waals surface area contributed by atoms with Gasteiger partial charge in [0.2, 0.25) is 5.95 Å². The predicted molar refractivity (Wildman–Crippen MR) is 134 cm³/mol. The molecule has 0 radical (unpaired) electrons. The van der Waals surface area contributed by atoms with Gasteiger partial charge in [-0.05, 0) is 55.3 Å². The quantitative estimate of drug-likeness (QED) is 0.348. The van der Waals surface area contributed by atoms with Gasteiger partial charge in [0.15, 0.2) is 0 Å². The number of hydrogen-bond acceptors (Lipinski definition) is 6. The first-order valence-corrected chi connectivity index (χ1v) is 11.9. The zero-order valence-electron chi connectivity index (χ0n) is 18.6. The highest BCUT2D eigenvalue weighted by Gasteiger charge is 2.17. The Morgan fingerprint density at radius 1 is 1.18 bits per heavy atom. The Balaban J connectivity index is 1.29. The number of rotatable bonds is 7. The van der Waals surface area contributed by atoms with Crippen LogP contribution in [0, 0.1) is 0 Å². The number of pyridine rings is 1. The molecule has 1 fully saturated rings. The molecule has 174 valence electrons. The van der Waals surface area contributed by atoms with E-state index in [9.17, 15) is 4.79 Å². The summed E-state index contributed by atoms with van der Waals surface area (Å²) in [5.74, 6) is 1.63. The van der Waals surface area contributed by atoms with Crippen molar-refractivity contribution < 1.29 is 14.3 Å². The molecule has 0 spiro atoms. The van der Waals surface area contributed by atoms with Gasteiger partial charge in [0.25, 0.3) is 5.91 Å². The largest absolute Gasteiger partial charge is 0.457 e. The molecule has 0 aliphatic carbocycles. The van der Waals surface area contributed by atoms with E-state index in [1.165, 1.54) is 0 Å². The zero-order chi connectivity index (χ0) is 23.5. The number of aryl methyl sites for hydroxylation is 1. The fourth-order valence-electron chi connectivity index (χ4n) is 3.85. The molecule has 1 unspecified atom stereocenters. The third-order valence-corrected chi connectivity index (χ3v) is 6.20. The van der Waals surface area contributed by atoms with Crippen molar-refractivity contribution >= 4 is 44.5 Å².